The van der Waals surface area contributed by atoms with E-state index in [4.69, 9.17) is 4.74 Å². The fourth-order valence-electron chi connectivity index (χ4n) is 2.76. The molecule has 0 aliphatic carbocycles. The Morgan fingerprint density at radius 3 is 2.89 bits per heavy atom. The molecule has 7 heteroatoms. The van der Waals surface area contributed by atoms with Crippen LogP contribution in [-0.2, 0) is 13.2 Å². The zero-order chi connectivity index (χ0) is 19.3. The molecule has 4 rings (SSSR count). The van der Waals surface area contributed by atoms with Gasteiger partial charge in [-0.3, -0.25) is 4.79 Å². The molecule has 0 spiro atoms. The zero-order valence-corrected chi connectivity index (χ0v) is 14.9. The van der Waals surface area contributed by atoms with Crippen molar-refractivity contribution in [3.05, 3.63) is 95.7 Å². The summed E-state index contributed by atoms with van der Waals surface area (Å²) in [6.45, 7) is 0.481. The van der Waals surface area contributed by atoms with E-state index in [1.165, 1.54) is 12.4 Å². The molecule has 0 aliphatic rings. The number of hydrogen-bond acceptors (Lipinski definition) is 4. The second-order valence-electron chi connectivity index (χ2n) is 6.19. The van der Waals surface area contributed by atoms with Crippen molar-refractivity contribution in [3.8, 4) is 5.75 Å². The van der Waals surface area contributed by atoms with Crippen LogP contribution < -0.4 is 10.1 Å². The van der Waals surface area contributed by atoms with E-state index in [0.29, 0.717) is 29.1 Å². The first kappa shape index (κ1) is 17.7. The van der Waals surface area contributed by atoms with Gasteiger partial charge in [-0.2, -0.15) is 5.10 Å². The van der Waals surface area contributed by atoms with Crippen molar-refractivity contribution in [1.82, 2.24) is 19.9 Å². The van der Waals surface area contributed by atoms with E-state index in [2.05, 4.69) is 15.4 Å². The van der Waals surface area contributed by atoms with Crippen LogP contribution in [0.15, 0.2) is 73.2 Å². The third-order valence-electron chi connectivity index (χ3n) is 4.25. The van der Waals surface area contributed by atoms with E-state index in [1.54, 1.807) is 47.1 Å². The molecule has 140 valence electrons. The molecule has 0 aliphatic heterocycles. The summed E-state index contributed by atoms with van der Waals surface area (Å²) in [5.74, 6) is 0.110. The summed E-state index contributed by atoms with van der Waals surface area (Å²) in [7, 11) is 0. The van der Waals surface area contributed by atoms with Gasteiger partial charge in [0, 0.05) is 23.9 Å². The van der Waals surface area contributed by atoms with Gasteiger partial charge in [-0.05, 0) is 35.9 Å². The van der Waals surface area contributed by atoms with E-state index >= 15 is 0 Å². The van der Waals surface area contributed by atoms with E-state index in [9.17, 15) is 9.18 Å². The van der Waals surface area contributed by atoms with Crippen LogP contribution in [0.2, 0.25) is 0 Å². The summed E-state index contributed by atoms with van der Waals surface area (Å²) >= 11 is 0. The van der Waals surface area contributed by atoms with Crippen LogP contribution in [0.3, 0.4) is 0 Å². The fourth-order valence-corrected chi connectivity index (χ4v) is 2.76. The molecule has 0 saturated carbocycles. The normalized spacial score (nSPS) is 10.8. The highest BCUT2D eigenvalue weighted by molar-refractivity contribution is 5.94. The Bertz CT molecular complexity index is 1130. The van der Waals surface area contributed by atoms with Gasteiger partial charge in [-0.1, -0.05) is 30.3 Å². The average Bonchev–Trinajstić information content (AvgIpc) is 3.19. The Kier molecular flexibility index (Phi) is 4.97. The van der Waals surface area contributed by atoms with Crippen molar-refractivity contribution < 1.29 is 13.9 Å². The highest BCUT2D eigenvalue weighted by Gasteiger charge is 2.08. The van der Waals surface area contributed by atoms with E-state index in [1.807, 2.05) is 18.2 Å². The Morgan fingerprint density at radius 1 is 1.11 bits per heavy atom. The quantitative estimate of drug-likeness (QED) is 0.560. The number of fused-ring (bicyclic) bond motifs is 1. The topological polar surface area (TPSA) is 68.5 Å². The molecular formula is C21H17FN4O2. The van der Waals surface area contributed by atoms with Gasteiger partial charge in [0.2, 0.25) is 0 Å². The van der Waals surface area contributed by atoms with Gasteiger partial charge in [0.1, 0.15) is 24.5 Å². The molecule has 0 fully saturated rings. The summed E-state index contributed by atoms with van der Waals surface area (Å²) in [6, 6.07) is 17.2. The number of carbonyl (C=O) groups excluding carboxylic acids is 1. The van der Waals surface area contributed by atoms with Crippen molar-refractivity contribution in [2.75, 3.05) is 0 Å². The first-order valence-corrected chi connectivity index (χ1v) is 8.72. The first-order chi connectivity index (χ1) is 13.7. The molecule has 4 aromatic rings. The number of nitrogens with zero attached hydrogens (tertiary/aromatic N) is 3. The number of pyridine rings is 1. The summed E-state index contributed by atoms with van der Waals surface area (Å²) < 4.78 is 20.9. The van der Waals surface area contributed by atoms with Gasteiger partial charge in [-0.25, -0.2) is 13.9 Å². The molecule has 0 radical (unpaired) electrons. The third-order valence-corrected chi connectivity index (χ3v) is 4.25. The minimum atomic E-state index is -0.296. The van der Waals surface area contributed by atoms with Crippen LogP contribution in [0.25, 0.3) is 5.65 Å². The highest BCUT2D eigenvalue weighted by atomic mass is 19.1. The second-order valence-corrected chi connectivity index (χ2v) is 6.19. The van der Waals surface area contributed by atoms with Crippen LogP contribution in [-0.4, -0.2) is 20.5 Å². The lowest BCUT2D eigenvalue weighted by atomic mass is 10.2. The summed E-state index contributed by atoms with van der Waals surface area (Å²) in [5, 5.41) is 6.87. The number of benzene rings is 2. The lowest BCUT2D eigenvalue weighted by Gasteiger charge is -2.10. The van der Waals surface area contributed by atoms with Gasteiger partial charge in [0.15, 0.2) is 5.65 Å². The third kappa shape index (κ3) is 3.98. The van der Waals surface area contributed by atoms with Crippen LogP contribution in [0, 0.1) is 5.82 Å². The molecule has 2 aromatic carbocycles. The molecule has 28 heavy (non-hydrogen) atoms. The smallest absolute Gasteiger partial charge is 0.251 e. The molecule has 2 aromatic heterocycles. The van der Waals surface area contributed by atoms with Gasteiger partial charge >= 0.3 is 0 Å². The molecule has 0 unspecified atom stereocenters. The maximum absolute atomic E-state index is 13.7. The molecular weight excluding hydrogens is 359 g/mol. The molecule has 0 bridgehead atoms. The number of aromatic nitrogens is 3. The van der Waals surface area contributed by atoms with Gasteiger partial charge in [0.05, 0.1) is 0 Å². The number of rotatable bonds is 6. The van der Waals surface area contributed by atoms with Gasteiger partial charge in [-0.15, -0.1) is 0 Å². The zero-order valence-electron chi connectivity index (χ0n) is 14.9. The number of amides is 1. The van der Waals surface area contributed by atoms with Crippen LogP contribution in [0.4, 0.5) is 4.39 Å². The number of carbonyl (C=O) groups is 1. The number of halogens is 1. The lowest BCUT2D eigenvalue weighted by molar-refractivity contribution is 0.0951. The van der Waals surface area contributed by atoms with E-state index in [0.717, 1.165) is 5.56 Å². The summed E-state index contributed by atoms with van der Waals surface area (Å²) in [4.78, 5) is 16.4. The standard InChI is InChI=1S/C21H17FN4O2/c22-19-7-2-1-5-17(19)13-28-18-6-3-4-15(10-18)12-23-21(27)16-8-9-26-20(11-16)24-14-25-26/h1-11,14H,12-13H2,(H,23,27). The monoisotopic (exact) mass is 376 g/mol. The second kappa shape index (κ2) is 7.87. The van der Waals surface area contributed by atoms with Gasteiger partial charge < -0.3 is 10.1 Å². The van der Waals surface area contributed by atoms with Crippen LogP contribution >= 0.6 is 0 Å². The maximum Gasteiger partial charge on any atom is 0.251 e. The van der Waals surface area contributed by atoms with E-state index < -0.39 is 0 Å². The maximum atomic E-state index is 13.7. The Labute approximate surface area is 160 Å². The average molecular weight is 376 g/mol. The number of ether oxygens (including phenoxy) is 1. The van der Waals surface area contributed by atoms with Gasteiger partial charge in [0.25, 0.3) is 5.91 Å². The predicted molar refractivity (Wildman–Crippen MR) is 101 cm³/mol. The molecule has 0 saturated heterocycles. The number of nitrogens with one attached hydrogen (secondary N) is 1. The van der Waals surface area contributed by atoms with Crippen molar-refractivity contribution in [3.63, 3.8) is 0 Å². The molecule has 2 heterocycles. The minimum absolute atomic E-state index is 0.140. The molecule has 1 amide bonds. The predicted octanol–water partition coefficient (Wildman–Crippen LogP) is 3.38. The SMILES string of the molecule is O=C(NCc1cccc(OCc2ccccc2F)c1)c1ccn2ncnc2c1. The molecule has 0 atom stereocenters. The minimum Gasteiger partial charge on any atom is -0.489 e. The highest BCUT2D eigenvalue weighted by Crippen LogP contribution is 2.16. The number of hydrogen-bond donors (Lipinski definition) is 1. The Hall–Kier alpha value is -3.74. The van der Waals surface area contributed by atoms with Crippen molar-refractivity contribution in [1.29, 1.82) is 0 Å². The van der Waals surface area contributed by atoms with Crippen LogP contribution in [0.1, 0.15) is 21.5 Å². The fraction of sp³-hybridized carbons (Fsp3) is 0.0952. The summed E-state index contributed by atoms with van der Waals surface area (Å²) in [6.07, 6.45) is 3.12. The Morgan fingerprint density at radius 2 is 2.00 bits per heavy atom. The Balaban J connectivity index is 1.37. The molecule has 1 N–H and O–H groups in total. The van der Waals surface area contributed by atoms with Crippen molar-refractivity contribution in [2.45, 2.75) is 13.2 Å². The molecule has 6 nitrogen and oxygen atoms in total. The van der Waals surface area contributed by atoms with Crippen LogP contribution in [0.5, 0.6) is 5.75 Å². The first-order valence-electron chi connectivity index (χ1n) is 8.72. The summed E-state index contributed by atoms with van der Waals surface area (Å²) in [5.41, 5.74) is 2.48. The lowest BCUT2D eigenvalue weighted by Crippen LogP contribution is -2.22. The van der Waals surface area contributed by atoms with Crippen molar-refractivity contribution >= 4 is 11.6 Å². The van der Waals surface area contributed by atoms with E-state index in [-0.39, 0.29) is 18.3 Å². The van der Waals surface area contributed by atoms with Crippen molar-refractivity contribution in [2.24, 2.45) is 0 Å². The largest absolute Gasteiger partial charge is 0.489 e.